The Morgan fingerprint density at radius 2 is 1.76 bits per heavy atom. The smallest absolute Gasteiger partial charge is 0.408 e. The Kier molecular flexibility index (Phi) is 12.5. The van der Waals surface area contributed by atoms with Crippen molar-refractivity contribution in [3.8, 4) is 0 Å². The van der Waals surface area contributed by atoms with Gasteiger partial charge >= 0.3 is 6.09 Å². The van der Waals surface area contributed by atoms with E-state index in [0.29, 0.717) is 18.5 Å². The van der Waals surface area contributed by atoms with Crippen molar-refractivity contribution in [3.05, 3.63) is 42.0 Å². The highest BCUT2D eigenvalue weighted by Crippen LogP contribution is 2.33. The lowest BCUT2D eigenvalue weighted by molar-refractivity contribution is -0.150. The topological polar surface area (TPSA) is 131 Å². The molecule has 0 bridgehead atoms. The van der Waals surface area contributed by atoms with E-state index in [9.17, 15) is 19.2 Å². The summed E-state index contributed by atoms with van der Waals surface area (Å²) in [5.74, 6) is -1.74. The third kappa shape index (κ3) is 10.2. The van der Waals surface area contributed by atoms with Crippen LogP contribution in [0.2, 0.25) is 0 Å². The Hall–Kier alpha value is -3.36. The summed E-state index contributed by atoms with van der Waals surface area (Å²) in [6.07, 6.45) is 3.61. The van der Waals surface area contributed by atoms with Gasteiger partial charge in [0.2, 0.25) is 17.7 Å². The maximum Gasteiger partial charge on any atom is 0.408 e. The SMILES string of the molecule is C=Cc1cccc(C(C(=O)NCCCCC)N(C(=O)C(CC(N)=O)NC(=O)OC(C)(C)C)C(C)(C)CC)c1. The number of carbonyl (C=O) groups excluding carboxylic acids is 4. The molecule has 9 heteroatoms. The van der Waals surface area contributed by atoms with Gasteiger partial charge in [0, 0.05) is 12.1 Å². The molecule has 4 N–H and O–H groups in total. The Labute approximate surface area is 227 Å². The van der Waals surface area contributed by atoms with Crippen molar-refractivity contribution in [3.63, 3.8) is 0 Å². The quantitative estimate of drug-likeness (QED) is 0.306. The van der Waals surface area contributed by atoms with Gasteiger partial charge < -0.3 is 26.0 Å². The lowest BCUT2D eigenvalue weighted by Crippen LogP contribution is -2.60. The molecular formula is C29H46N4O5. The summed E-state index contributed by atoms with van der Waals surface area (Å²) in [6.45, 7) is 17.0. The average Bonchev–Trinajstić information content (AvgIpc) is 2.82. The summed E-state index contributed by atoms with van der Waals surface area (Å²) >= 11 is 0. The van der Waals surface area contributed by atoms with Crippen molar-refractivity contribution in [2.45, 2.75) is 104 Å². The molecule has 0 radical (unpaired) electrons. The van der Waals surface area contributed by atoms with Crippen LogP contribution in [0.3, 0.4) is 0 Å². The zero-order valence-corrected chi connectivity index (χ0v) is 24.1. The van der Waals surface area contributed by atoms with E-state index >= 15 is 0 Å². The largest absolute Gasteiger partial charge is 0.444 e. The number of nitrogens with zero attached hydrogens (tertiary/aromatic N) is 1. The molecule has 0 aliphatic rings. The lowest BCUT2D eigenvalue weighted by Gasteiger charge is -2.44. The molecule has 38 heavy (non-hydrogen) atoms. The normalized spacial score (nSPS) is 13.1. The van der Waals surface area contributed by atoms with E-state index in [-0.39, 0.29) is 5.91 Å². The summed E-state index contributed by atoms with van der Waals surface area (Å²) in [5.41, 5.74) is 5.18. The minimum Gasteiger partial charge on any atom is -0.444 e. The summed E-state index contributed by atoms with van der Waals surface area (Å²) in [4.78, 5) is 53.9. The van der Waals surface area contributed by atoms with Crippen LogP contribution < -0.4 is 16.4 Å². The zero-order valence-electron chi connectivity index (χ0n) is 24.1. The summed E-state index contributed by atoms with van der Waals surface area (Å²) in [7, 11) is 0. The van der Waals surface area contributed by atoms with Crippen molar-refractivity contribution in [2.24, 2.45) is 5.73 Å². The fraction of sp³-hybridized carbons (Fsp3) is 0.586. The molecule has 4 amide bonds. The second kappa shape index (κ2) is 14.5. The van der Waals surface area contributed by atoms with Gasteiger partial charge in [-0.15, -0.1) is 0 Å². The van der Waals surface area contributed by atoms with Crippen molar-refractivity contribution in [2.75, 3.05) is 6.54 Å². The van der Waals surface area contributed by atoms with E-state index in [2.05, 4.69) is 24.1 Å². The fourth-order valence-corrected chi connectivity index (χ4v) is 3.92. The first kappa shape index (κ1) is 32.7. The number of carbonyl (C=O) groups is 4. The molecule has 0 heterocycles. The highest BCUT2D eigenvalue weighted by atomic mass is 16.6. The van der Waals surface area contributed by atoms with Crippen LogP contribution in [-0.2, 0) is 19.1 Å². The Bertz CT molecular complexity index is 983. The van der Waals surface area contributed by atoms with Crippen molar-refractivity contribution in [1.29, 1.82) is 0 Å². The van der Waals surface area contributed by atoms with E-state index in [1.807, 2.05) is 26.8 Å². The molecule has 0 saturated carbocycles. The summed E-state index contributed by atoms with van der Waals surface area (Å²) in [6, 6.07) is 4.87. The zero-order chi connectivity index (χ0) is 29.1. The third-order valence-corrected chi connectivity index (χ3v) is 6.20. The number of alkyl carbamates (subject to hydrolysis) is 1. The number of hydrogen-bond acceptors (Lipinski definition) is 5. The predicted octanol–water partition coefficient (Wildman–Crippen LogP) is 4.46. The van der Waals surface area contributed by atoms with Gasteiger partial charge in [-0.05, 0) is 64.7 Å². The van der Waals surface area contributed by atoms with Crippen LogP contribution in [0.25, 0.3) is 6.08 Å². The molecule has 9 nitrogen and oxygen atoms in total. The van der Waals surface area contributed by atoms with E-state index in [0.717, 1.165) is 24.8 Å². The minimum atomic E-state index is -1.33. The maximum atomic E-state index is 14.2. The number of ether oxygens (including phenoxy) is 1. The molecule has 0 fully saturated rings. The first-order valence-corrected chi connectivity index (χ1v) is 13.3. The van der Waals surface area contributed by atoms with Crippen LogP contribution in [0.5, 0.6) is 0 Å². The molecule has 2 atom stereocenters. The number of primary amides is 1. The number of unbranched alkanes of at least 4 members (excludes halogenated alkanes) is 2. The molecule has 0 spiro atoms. The van der Waals surface area contributed by atoms with Crippen LogP contribution in [0.1, 0.15) is 97.7 Å². The van der Waals surface area contributed by atoms with Gasteiger partial charge in [0.1, 0.15) is 17.7 Å². The molecule has 212 valence electrons. The highest BCUT2D eigenvalue weighted by molar-refractivity contribution is 5.95. The van der Waals surface area contributed by atoms with Crippen LogP contribution in [0.15, 0.2) is 30.8 Å². The number of hydrogen-bond donors (Lipinski definition) is 3. The van der Waals surface area contributed by atoms with Crippen LogP contribution in [0.4, 0.5) is 4.79 Å². The van der Waals surface area contributed by atoms with E-state index in [1.54, 1.807) is 45.0 Å². The van der Waals surface area contributed by atoms with E-state index in [4.69, 9.17) is 10.5 Å². The monoisotopic (exact) mass is 530 g/mol. The van der Waals surface area contributed by atoms with Crippen molar-refractivity contribution >= 4 is 29.9 Å². The van der Waals surface area contributed by atoms with Crippen molar-refractivity contribution < 1.29 is 23.9 Å². The Morgan fingerprint density at radius 1 is 1.11 bits per heavy atom. The Morgan fingerprint density at radius 3 is 2.29 bits per heavy atom. The number of nitrogens with one attached hydrogen (secondary N) is 2. The van der Waals surface area contributed by atoms with Crippen LogP contribution in [-0.4, -0.2) is 52.4 Å². The van der Waals surface area contributed by atoms with Gasteiger partial charge in [0.15, 0.2) is 0 Å². The number of rotatable bonds is 14. The molecule has 0 aliphatic carbocycles. The van der Waals surface area contributed by atoms with Gasteiger partial charge in [-0.25, -0.2) is 4.79 Å². The summed E-state index contributed by atoms with van der Waals surface area (Å²) < 4.78 is 5.33. The molecule has 1 rings (SSSR count). The number of benzene rings is 1. The van der Waals surface area contributed by atoms with Gasteiger partial charge in [-0.3, -0.25) is 14.4 Å². The minimum absolute atomic E-state index is 0.354. The molecule has 0 aliphatic heterocycles. The standard InChI is InChI=1S/C29H46N4O5/c1-9-12-13-17-31-25(35)24(21-16-14-15-20(10-2)18-21)33(29(7,8)11-3)26(36)22(19-23(30)34)32-27(37)38-28(4,5)6/h10,14-16,18,22,24H,2,9,11-13,17,19H2,1,3-8H3,(H2,30,34)(H,31,35)(H,32,37). The second-order valence-corrected chi connectivity index (χ2v) is 11.0. The lowest BCUT2D eigenvalue weighted by atomic mass is 9.91. The summed E-state index contributed by atoms with van der Waals surface area (Å²) in [5, 5.41) is 5.48. The van der Waals surface area contributed by atoms with Gasteiger partial charge in [-0.2, -0.15) is 0 Å². The third-order valence-electron chi connectivity index (χ3n) is 6.20. The molecule has 1 aromatic rings. The van der Waals surface area contributed by atoms with Gasteiger partial charge in [-0.1, -0.05) is 57.5 Å². The maximum absolute atomic E-state index is 14.2. The highest BCUT2D eigenvalue weighted by Gasteiger charge is 2.43. The first-order chi connectivity index (χ1) is 17.7. The first-order valence-electron chi connectivity index (χ1n) is 13.3. The number of nitrogens with two attached hydrogens (primary N) is 1. The van der Waals surface area contributed by atoms with E-state index in [1.165, 1.54) is 4.90 Å². The van der Waals surface area contributed by atoms with Gasteiger partial charge in [0.05, 0.1) is 6.42 Å². The molecule has 0 aromatic heterocycles. The molecular weight excluding hydrogens is 484 g/mol. The number of amides is 4. The predicted molar refractivity (Wildman–Crippen MR) is 150 cm³/mol. The van der Waals surface area contributed by atoms with Crippen molar-refractivity contribution in [1.82, 2.24) is 15.5 Å². The van der Waals surface area contributed by atoms with E-state index < -0.39 is 47.6 Å². The average molecular weight is 531 g/mol. The van der Waals surface area contributed by atoms with Gasteiger partial charge in [0.25, 0.3) is 0 Å². The molecule has 1 aromatic carbocycles. The Balaban J connectivity index is 3.63. The van der Waals surface area contributed by atoms with Crippen LogP contribution in [0, 0.1) is 0 Å². The fourth-order valence-electron chi connectivity index (χ4n) is 3.92. The van der Waals surface area contributed by atoms with Crippen LogP contribution >= 0.6 is 0 Å². The molecule has 0 saturated heterocycles. The molecule has 2 unspecified atom stereocenters. The second-order valence-electron chi connectivity index (χ2n) is 11.0.